The van der Waals surface area contributed by atoms with Gasteiger partial charge in [0.2, 0.25) is 0 Å². The van der Waals surface area contributed by atoms with Crippen molar-refractivity contribution in [2.24, 2.45) is 0 Å². The van der Waals surface area contributed by atoms with E-state index in [4.69, 9.17) is 9.15 Å². The van der Waals surface area contributed by atoms with Crippen molar-refractivity contribution in [3.63, 3.8) is 0 Å². The molecule has 5 rings (SSSR count). The highest BCUT2D eigenvalue weighted by molar-refractivity contribution is 6.23. The summed E-state index contributed by atoms with van der Waals surface area (Å²) in [6.07, 6.45) is 3.46. The van der Waals surface area contributed by atoms with Crippen LogP contribution in [0.4, 0.5) is 5.69 Å². The average Bonchev–Trinajstić information content (AvgIpc) is 3.54. The van der Waals surface area contributed by atoms with E-state index in [0.717, 1.165) is 11.1 Å². The van der Waals surface area contributed by atoms with Crippen molar-refractivity contribution in [3.8, 4) is 11.3 Å². The summed E-state index contributed by atoms with van der Waals surface area (Å²) >= 11 is 0. The molecule has 1 amide bonds. The molecule has 7 nitrogen and oxygen atoms in total. The number of ether oxygens (including phenoxy) is 1. The highest BCUT2D eigenvalue weighted by Crippen LogP contribution is 2.36. The van der Waals surface area contributed by atoms with Crippen LogP contribution in [-0.4, -0.2) is 29.6 Å². The summed E-state index contributed by atoms with van der Waals surface area (Å²) in [5.74, 6) is -0.598. The van der Waals surface area contributed by atoms with Gasteiger partial charge in [0, 0.05) is 16.8 Å². The zero-order chi connectivity index (χ0) is 26.6. The number of rotatable bonds is 7. The van der Waals surface area contributed by atoms with Gasteiger partial charge < -0.3 is 14.3 Å². The summed E-state index contributed by atoms with van der Waals surface area (Å²) in [7, 11) is 0. The van der Waals surface area contributed by atoms with Gasteiger partial charge in [-0.1, -0.05) is 42.5 Å². The van der Waals surface area contributed by atoms with E-state index in [1.807, 2.05) is 30.3 Å². The molecule has 1 aliphatic heterocycles. The van der Waals surface area contributed by atoms with E-state index in [1.54, 1.807) is 72.5 Å². The van der Waals surface area contributed by atoms with Gasteiger partial charge in [-0.15, -0.1) is 0 Å². The molecule has 0 spiro atoms. The maximum Gasteiger partial charge on any atom is 0.338 e. The van der Waals surface area contributed by atoms with E-state index in [1.165, 1.54) is 12.1 Å². The SMILES string of the molecule is CCOC(=O)c1ccc(-c2ccc(/C=C3\C=C(c4ccccc4)N(c4ccc(C(=O)O)cc4)C3=O)o2)cc1. The highest BCUT2D eigenvalue weighted by Gasteiger charge is 2.30. The molecule has 0 bridgehead atoms. The molecule has 0 unspecified atom stereocenters. The molecule has 1 aliphatic rings. The Balaban J connectivity index is 1.46. The van der Waals surface area contributed by atoms with Crippen molar-refractivity contribution >= 4 is 35.3 Å². The van der Waals surface area contributed by atoms with Gasteiger partial charge in [-0.2, -0.15) is 0 Å². The van der Waals surface area contributed by atoms with Crippen LogP contribution in [0.15, 0.2) is 107 Å². The number of aromatic carboxylic acids is 1. The summed E-state index contributed by atoms with van der Waals surface area (Å²) in [6, 6.07) is 26.2. The Kier molecular flexibility index (Phi) is 6.74. The fraction of sp³-hybridized carbons (Fsp3) is 0.0645. The van der Waals surface area contributed by atoms with Crippen LogP contribution in [-0.2, 0) is 9.53 Å². The molecule has 1 aromatic heterocycles. The zero-order valence-corrected chi connectivity index (χ0v) is 20.5. The minimum Gasteiger partial charge on any atom is -0.478 e. The van der Waals surface area contributed by atoms with Crippen LogP contribution in [0.3, 0.4) is 0 Å². The van der Waals surface area contributed by atoms with E-state index in [0.29, 0.717) is 40.6 Å². The van der Waals surface area contributed by atoms with Crippen molar-refractivity contribution in [3.05, 3.63) is 125 Å². The molecule has 0 aliphatic carbocycles. The van der Waals surface area contributed by atoms with Gasteiger partial charge in [0.1, 0.15) is 11.5 Å². The second-order valence-corrected chi connectivity index (χ2v) is 8.49. The minimum atomic E-state index is -1.03. The smallest absolute Gasteiger partial charge is 0.338 e. The molecule has 0 saturated carbocycles. The van der Waals surface area contributed by atoms with E-state index in [2.05, 4.69) is 0 Å². The van der Waals surface area contributed by atoms with E-state index in [9.17, 15) is 19.5 Å². The molecule has 0 saturated heterocycles. The number of anilines is 1. The van der Waals surface area contributed by atoms with Gasteiger partial charge in [-0.3, -0.25) is 9.69 Å². The maximum atomic E-state index is 13.5. The maximum absolute atomic E-state index is 13.5. The third kappa shape index (κ3) is 4.90. The normalized spacial score (nSPS) is 14.0. The summed E-state index contributed by atoms with van der Waals surface area (Å²) in [5, 5.41) is 9.24. The molecular weight excluding hydrogens is 482 g/mol. The number of carbonyl (C=O) groups excluding carboxylic acids is 2. The van der Waals surface area contributed by atoms with Crippen molar-refractivity contribution in [2.45, 2.75) is 6.92 Å². The number of furan rings is 1. The Labute approximate surface area is 218 Å². The quantitative estimate of drug-likeness (QED) is 0.234. The number of amides is 1. The van der Waals surface area contributed by atoms with Crippen LogP contribution in [0.25, 0.3) is 23.1 Å². The van der Waals surface area contributed by atoms with Crippen LogP contribution in [0.1, 0.15) is 39.0 Å². The Morgan fingerprint density at radius 2 is 1.55 bits per heavy atom. The first-order valence-corrected chi connectivity index (χ1v) is 12.0. The zero-order valence-electron chi connectivity index (χ0n) is 20.5. The third-order valence-electron chi connectivity index (χ3n) is 6.03. The summed E-state index contributed by atoms with van der Waals surface area (Å²) in [6.45, 7) is 2.06. The first-order valence-electron chi connectivity index (χ1n) is 12.0. The van der Waals surface area contributed by atoms with Gasteiger partial charge in [-0.05, 0) is 73.2 Å². The topological polar surface area (TPSA) is 97.0 Å². The molecule has 188 valence electrons. The minimum absolute atomic E-state index is 0.139. The van der Waals surface area contributed by atoms with Crippen molar-refractivity contribution in [1.29, 1.82) is 0 Å². The fourth-order valence-corrected chi connectivity index (χ4v) is 4.17. The Morgan fingerprint density at radius 3 is 2.21 bits per heavy atom. The predicted molar refractivity (Wildman–Crippen MR) is 143 cm³/mol. The van der Waals surface area contributed by atoms with Crippen LogP contribution in [0, 0.1) is 0 Å². The predicted octanol–water partition coefficient (Wildman–Crippen LogP) is 6.29. The number of hydrogen-bond donors (Lipinski definition) is 1. The number of benzene rings is 3. The third-order valence-corrected chi connectivity index (χ3v) is 6.03. The first kappa shape index (κ1) is 24.5. The molecule has 0 atom stereocenters. The number of carbonyl (C=O) groups is 3. The Morgan fingerprint density at radius 1 is 0.868 bits per heavy atom. The second-order valence-electron chi connectivity index (χ2n) is 8.49. The molecule has 38 heavy (non-hydrogen) atoms. The average molecular weight is 506 g/mol. The van der Waals surface area contributed by atoms with Crippen LogP contribution < -0.4 is 4.90 Å². The van der Waals surface area contributed by atoms with Gasteiger partial charge in [0.25, 0.3) is 5.91 Å². The lowest BCUT2D eigenvalue weighted by molar-refractivity contribution is -0.113. The summed E-state index contributed by atoms with van der Waals surface area (Å²) < 4.78 is 11.0. The first-order chi connectivity index (χ1) is 18.4. The fourth-order valence-electron chi connectivity index (χ4n) is 4.17. The van der Waals surface area contributed by atoms with E-state index < -0.39 is 5.97 Å². The number of carboxylic acid groups (broad SMARTS) is 1. The van der Waals surface area contributed by atoms with Gasteiger partial charge in [0.05, 0.1) is 23.4 Å². The van der Waals surface area contributed by atoms with Gasteiger partial charge in [0.15, 0.2) is 0 Å². The number of carboxylic acids is 1. The lowest BCUT2D eigenvalue weighted by atomic mass is 10.1. The van der Waals surface area contributed by atoms with E-state index >= 15 is 0 Å². The Hall–Kier alpha value is -5.17. The van der Waals surface area contributed by atoms with Crippen LogP contribution in [0.5, 0.6) is 0 Å². The largest absolute Gasteiger partial charge is 0.478 e. The van der Waals surface area contributed by atoms with Gasteiger partial charge in [-0.25, -0.2) is 9.59 Å². The number of esters is 1. The van der Waals surface area contributed by atoms with Crippen molar-refractivity contribution in [1.82, 2.24) is 0 Å². The highest BCUT2D eigenvalue weighted by atomic mass is 16.5. The molecule has 0 fully saturated rings. The lowest BCUT2D eigenvalue weighted by Gasteiger charge is -2.21. The number of hydrogen-bond acceptors (Lipinski definition) is 5. The summed E-state index contributed by atoms with van der Waals surface area (Å²) in [4.78, 5) is 38.3. The van der Waals surface area contributed by atoms with Crippen molar-refractivity contribution in [2.75, 3.05) is 11.5 Å². The molecule has 3 aromatic carbocycles. The molecular formula is C31H23NO6. The van der Waals surface area contributed by atoms with Gasteiger partial charge >= 0.3 is 11.9 Å². The lowest BCUT2D eigenvalue weighted by Crippen LogP contribution is -2.25. The van der Waals surface area contributed by atoms with Crippen LogP contribution >= 0.6 is 0 Å². The van der Waals surface area contributed by atoms with E-state index in [-0.39, 0.29) is 17.4 Å². The van der Waals surface area contributed by atoms with Crippen molar-refractivity contribution < 1.29 is 28.6 Å². The molecule has 0 radical (unpaired) electrons. The monoisotopic (exact) mass is 505 g/mol. The Bertz CT molecular complexity index is 1560. The molecule has 1 N–H and O–H groups in total. The van der Waals surface area contributed by atoms with Crippen LogP contribution in [0.2, 0.25) is 0 Å². The summed E-state index contributed by atoms with van der Waals surface area (Å²) in [5.41, 5.74) is 3.86. The molecule has 7 heteroatoms. The second kappa shape index (κ2) is 10.4. The molecule has 4 aromatic rings. The standard InChI is InChI=1S/C31H23NO6/c1-2-37-31(36)23-10-8-21(9-11-23)28-17-16-26(38-28)18-24-19-27(20-6-4-3-5-7-20)32(29(24)33)25-14-12-22(13-15-25)30(34)35/h3-19H,2H2,1H3,(H,34,35)/b24-18+. The number of nitrogens with zero attached hydrogens (tertiary/aromatic N) is 1. The molecule has 2 heterocycles.